The number of hydrogen-bond acceptors (Lipinski definition) is 4. The Kier molecular flexibility index (Phi) is 8.54. The second-order valence-electron chi connectivity index (χ2n) is 7.24. The van der Waals surface area contributed by atoms with Gasteiger partial charge in [0.2, 0.25) is 0 Å². The predicted octanol–water partition coefficient (Wildman–Crippen LogP) is 2.47. The Morgan fingerprint density at radius 3 is 2.59 bits per heavy atom. The molecule has 0 aliphatic carbocycles. The molecule has 1 saturated heterocycles. The Bertz CT molecular complexity index is 677. The molecule has 1 atom stereocenters. The molecule has 1 unspecified atom stereocenters. The predicted molar refractivity (Wildman–Crippen MR) is 110 cm³/mol. The number of para-hydroxylation sites is 1. The lowest BCUT2D eigenvalue weighted by Crippen LogP contribution is -2.46. The Balaban J connectivity index is 1.90. The molecule has 0 bridgehead atoms. The van der Waals surface area contributed by atoms with Crippen molar-refractivity contribution >= 4 is 10.2 Å². The van der Waals surface area contributed by atoms with Crippen LogP contribution < -0.4 is 4.74 Å². The van der Waals surface area contributed by atoms with E-state index in [1.54, 1.807) is 14.2 Å². The molecule has 1 fully saturated rings. The van der Waals surface area contributed by atoms with Gasteiger partial charge in [0.25, 0.3) is 10.2 Å². The molecule has 1 aromatic carbocycles. The van der Waals surface area contributed by atoms with Gasteiger partial charge in [-0.25, -0.2) is 0 Å². The van der Waals surface area contributed by atoms with E-state index < -0.39 is 10.2 Å². The van der Waals surface area contributed by atoms with Gasteiger partial charge in [-0.3, -0.25) is 0 Å². The van der Waals surface area contributed by atoms with Gasteiger partial charge in [-0.2, -0.15) is 17.0 Å². The van der Waals surface area contributed by atoms with Crippen molar-refractivity contribution in [3.05, 3.63) is 29.8 Å². The molecular weight excluding hydrogens is 362 g/mol. The fourth-order valence-corrected chi connectivity index (χ4v) is 5.34. The zero-order valence-electron chi connectivity index (χ0n) is 17.2. The van der Waals surface area contributed by atoms with Crippen LogP contribution in [0.4, 0.5) is 0 Å². The van der Waals surface area contributed by atoms with Crippen molar-refractivity contribution in [3.63, 3.8) is 0 Å². The van der Waals surface area contributed by atoms with Gasteiger partial charge < -0.3 is 9.64 Å². The highest BCUT2D eigenvalue weighted by Crippen LogP contribution is 2.22. The van der Waals surface area contributed by atoms with Gasteiger partial charge in [0.1, 0.15) is 5.75 Å². The molecule has 1 aliphatic heterocycles. The molecule has 0 spiro atoms. The molecule has 0 N–H and O–H groups in total. The van der Waals surface area contributed by atoms with Crippen LogP contribution in [0.2, 0.25) is 0 Å². The first kappa shape index (κ1) is 22.1. The summed E-state index contributed by atoms with van der Waals surface area (Å²) in [4.78, 5) is 2.46. The van der Waals surface area contributed by atoms with E-state index in [1.807, 2.05) is 32.0 Å². The van der Waals surface area contributed by atoms with Crippen LogP contribution in [0.25, 0.3) is 0 Å². The molecule has 0 aromatic heterocycles. The molecule has 2 rings (SSSR count). The van der Waals surface area contributed by atoms with Crippen molar-refractivity contribution in [2.24, 2.45) is 5.92 Å². The molecule has 154 valence electrons. The smallest absolute Gasteiger partial charge is 0.281 e. The van der Waals surface area contributed by atoms with Crippen molar-refractivity contribution in [2.45, 2.75) is 33.1 Å². The standard InChI is InChI=1S/C20H35N3O3S/c1-5-23(6-2)27(24,25)21(3)16-18-10-9-14-22(17-18)15-13-19-11-7-8-12-20(19)26-4/h7-8,11-12,18H,5-6,9-10,13-17H2,1-4H3. The summed E-state index contributed by atoms with van der Waals surface area (Å²) in [7, 11) is 0.0693. The summed E-state index contributed by atoms with van der Waals surface area (Å²) >= 11 is 0. The number of benzene rings is 1. The first-order valence-corrected chi connectivity index (χ1v) is 11.4. The second kappa shape index (κ2) is 10.4. The molecule has 0 radical (unpaired) electrons. The molecule has 0 amide bonds. The van der Waals surface area contributed by atoms with E-state index in [0.29, 0.717) is 25.6 Å². The third-order valence-corrected chi connectivity index (χ3v) is 7.54. The molecule has 27 heavy (non-hydrogen) atoms. The van der Waals surface area contributed by atoms with E-state index >= 15 is 0 Å². The van der Waals surface area contributed by atoms with E-state index in [9.17, 15) is 8.42 Å². The van der Waals surface area contributed by atoms with E-state index in [1.165, 1.54) is 14.2 Å². The Hall–Kier alpha value is -1.15. The Morgan fingerprint density at radius 2 is 1.93 bits per heavy atom. The summed E-state index contributed by atoms with van der Waals surface area (Å²) in [5.41, 5.74) is 1.23. The highest BCUT2D eigenvalue weighted by atomic mass is 32.2. The van der Waals surface area contributed by atoms with Crippen LogP contribution in [0.3, 0.4) is 0 Å². The summed E-state index contributed by atoms with van der Waals surface area (Å²) in [6, 6.07) is 8.15. The number of ether oxygens (including phenoxy) is 1. The summed E-state index contributed by atoms with van der Waals surface area (Å²) < 4.78 is 33.8. The molecule has 1 aromatic rings. The maximum atomic E-state index is 12.7. The average molecular weight is 398 g/mol. The highest BCUT2D eigenvalue weighted by molar-refractivity contribution is 7.86. The SMILES string of the molecule is CCN(CC)S(=O)(=O)N(C)CC1CCCN(CCc2ccccc2OC)C1. The second-order valence-corrected chi connectivity index (χ2v) is 9.28. The van der Waals surface area contributed by atoms with Gasteiger partial charge in [-0.15, -0.1) is 0 Å². The van der Waals surface area contributed by atoms with Crippen LogP contribution in [0.1, 0.15) is 32.3 Å². The van der Waals surface area contributed by atoms with Gasteiger partial charge in [0.05, 0.1) is 7.11 Å². The van der Waals surface area contributed by atoms with E-state index in [2.05, 4.69) is 11.0 Å². The molecular formula is C20H35N3O3S. The van der Waals surface area contributed by atoms with Crippen LogP contribution in [-0.4, -0.2) is 75.4 Å². The summed E-state index contributed by atoms with van der Waals surface area (Å²) in [5, 5.41) is 0. The molecule has 0 saturated carbocycles. The van der Waals surface area contributed by atoms with Crippen molar-refractivity contribution in [1.29, 1.82) is 0 Å². The van der Waals surface area contributed by atoms with Gasteiger partial charge in [-0.1, -0.05) is 32.0 Å². The minimum Gasteiger partial charge on any atom is -0.496 e. The topological polar surface area (TPSA) is 53.1 Å². The molecule has 6 nitrogen and oxygen atoms in total. The molecule has 1 aliphatic rings. The largest absolute Gasteiger partial charge is 0.496 e. The Labute approximate surface area is 165 Å². The summed E-state index contributed by atoms with van der Waals surface area (Å²) in [6.45, 7) is 8.39. The lowest BCUT2D eigenvalue weighted by atomic mass is 9.97. The van der Waals surface area contributed by atoms with Crippen molar-refractivity contribution < 1.29 is 13.2 Å². The number of hydrogen-bond donors (Lipinski definition) is 0. The number of methoxy groups -OCH3 is 1. The minimum absolute atomic E-state index is 0.381. The first-order chi connectivity index (χ1) is 12.9. The van der Waals surface area contributed by atoms with Crippen LogP contribution in [-0.2, 0) is 16.6 Å². The quantitative estimate of drug-likeness (QED) is 0.609. The monoisotopic (exact) mass is 397 g/mol. The maximum Gasteiger partial charge on any atom is 0.281 e. The van der Waals surface area contributed by atoms with E-state index in [-0.39, 0.29) is 0 Å². The maximum absolute atomic E-state index is 12.7. The highest BCUT2D eigenvalue weighted by Gasteiger charge is 2.28. The normalized spacial score (nSPS) is 19.0. The fraction of sp³-hybridized carbons (Fsp3) is 0.700. The number of likely N-dealkylation sites (tertiary alicyclic amines) is 1. The average Bonchev–Trinajstić information content (AvgIpc) is 2.67. The van der Waals surface area contributed by atoms with Crippen molar-refractivity contribution in [1.82, 2.24) is 13.5 Å². The van der Waals surface area contributed by atoms with Crippen LogP contribution in [0.15, 0.2) is 24.3 Å². The zero-order chi connectivity index (χ0) is 19.9. The zero-order valence-corrected chi connectivity index (χ0v) is 18.0. The third kappa shape index (κ3) is 5.91. The van der Waals surface area contributed by atoms with Crippen molar-refractivity contribution in [2.75, 3.05) is 53.4 Å². The Morgan fingerprint density at radius 1 is 1.22 bits per heavy atom. The number of nitrogens with zero attached hydrogens (tertiary/aromatic N) is 3. The summed E-state index contributed by atoms with van der Waals surface area (Å²) in [6.07, 6.45) is 3.16. The summed E-state index contributed by atoms with van der Waals surface area (Å²) in [5.74, 6) is 1.32. The number of rotatable bonds is 10. The van der Waals surface area contributed by atoms with Crippen LogP contribution in [0.5, 0.6) is 5.75 Å². The minimum atomic E-state index is -3.35. The van der Waals surface area contributed by atoms with Gasteiger partial charge in [0, 0.05) is 39.8 Å². The van der Waals surface area contributed by atoms with Gasteiger partial charge in [0.15, 0.2) is 0 Å². The number of piperidine rings is 1. The fourth-order valence-electron chi connectivity index (χ4n) is 3.90. The van der Waals surface area contributed by atoms with Gasteiger partial charge >= 0.3 is 0 Å². The molecule has 7 heteroatoms. The molecule has 1 heterocycles. The lowest BCUT2D eigenvalue weighted by Gasteiger charge is -2.35. The van der Waals surface area contributed by atoms with Crippen molar-refractivity contribution in [3.8, 4) is 5.75 Å². The van der Waals surface area contributed by atoms with E-state index in [0.717, 1.165) is 44.6 Å². The third-order valence-electron chi connectivity index (χ3n) is 5.43. The van der Waals surface area contributed by atoms with E-state index in [4.69, 9.17) is 4.74 Å². The van der Waals surface area contributed by atoms with Crippen LogP contribution in [0, 0.1) is 5.92 Å². The van der Waals surface area contributed by atoms with Gasteiger partial charge in [-0.05, 0) is 43.4 Å². The van der Waals surface area contributed by atoms with Crippen LogP contribution >= 0.6 is 0 Å². The lowest BCUT2D eigenvalue weighted by molar-refractivity contribution is 0.161. The first-order valence-electron chi connectivity index (χ1n) is 9.98.